The van der Waals surface area contributed by atoms with E-state index in [1.54, 1.807) is 0 Å². The van der Waals surface area contributed by atoms with E-state index in [1.165, 1.54) is 57.7 Å². The maximum atomic E-state index is 5.67. The summed E-state index contributed by atoms with van der Waals surface area (Å²) in [5.41, 5.74) is 1.39. The molecule has 0 N–H and O–H groups in total. The first-order chi connectivity index (χ1) is 12.7. The molecule has 0 saturated carbocycles. The van der Waals surface area contributed by atoms with E-state index in [9.17, 15) is 0 Å². The molecule has 1 aromatic carbocycles. The lowest BCUT2D eigenvalue weighted by Gasteiger charge is -2.36. The zero-order chi connectivity index (χ0) is 18.4. The second-order valence-corrected chi connectivity index (χ2v) is 8.12. The fourth-order valence-corrected chi connectivity index (χ4v) is 4.29. The van der Waals surface area contributed by atoms with Crippen molar-refractivity contribution in [2.45, 2.75) is 58.7 Å². The number of piperazine rings is 1. The molecule has 2 aliphatic rings. The minimum atomic E-state index is 0.774. The van der Waals surface area contributed by atoms with Gasteiger partial charge in [-0.1, -0.05) is 19.1 Å². The van der Waals surface area contributed by atoms with Gasteiger partial charge in [0.25, 0.3) is 0 Å². The molecule has 0 bridgehead atoms. The zero-order valence-electron chi connectivity index (χ0n) is 17.0. The smallest absolute Gasteiger partial charge is 0.119 e. The van der Waals surface area contributed by atoms with E-state index >= 15 is 0 Å². The van der Waals surface area contributed by atoms with Gasteiger partial charge in [0.05, 0.1) is 6.61 Å². The molecule has 0 spiro atoms. The Morgan fingerprint density at radius 2 is 1.50 bits per heavy atom. The Balaban J connectivity index is 1.37. The second-order valence-electron chi connectivity index (χ2n) is 8.12. The van der Waals surface area contributed by atoms with E-state index in [4.69, 9.17) is 4.74 Å². The average molecular weight is 360 g/mol. The molecule has 0 aliphatic carbocycles. The molecular formula is C22H37N3O. The highest BCUT2D eigenvalue weighted by molar-refractivity contribution is 5.27. The summed E-state index contributed by atoms with van der Waals surface area (Å²) in [6.45, 7) is 16.0. The zero-order valence-corrected chi connectivity index (χ0v) is 17.0. The Morgan fingerprint density at radius 3 is 2.12 bits per heavy atom. The number of rotatable bonds is 8. The molecule has 0 amide bonds. The van der Waals surface area contributed by atoms with Crippen LogP contribution in [0.25, 0.3) is 0 Å². The first-order valence-electron chi connectivity index (χ1n) is 10.6. The minimum absolute atomic E-state index is 0.774. The predicted molar refractivity (Wildman–Crippen MR) is 109 cm³/mol. The third-order valence-corrected chi connectivity index (χ3v) is 6.08. The molecule has 2 heterocycles. The lowest BCUT2D eigenvalue weighted by Crippen LogP contribution is -2.48. The largest absolute Gasteiger partial charge is 0.494 e. The molecule has 26 heavy (non-hydrogen) atoms. The first-order valence-corrected chi connectivity index (χ1v) is 10.6. The fourth-order valence-electron chi connectivity index (χ4n) is 4.29. The maximum Gasteiger partial charge on any atom is 0.119 e. The molecule has 1 aromatic rings. The van der Waals surface area contributed by atoms with E-state index in [0.717, 1.165) is 37.4 Å². The third kappa shape index (κ3) is 5.45. The molecule has 146 valence electrons. The van der Waals surface area contributed by atoms with Crippen LogP contribution in [0.1, 0.15) is 45.6 Å². The molecule has 4 heteroatoms. The Labute approximate surface area is 160 Å². The van der Waals surface area contributed by atoms with Crippen LogP contribution in [0.2, 0.25) is 0 Å². The van der Waals surface area contributed by atoms with Crippen molar-refractivity contribution in [2.24, 2.45) is 0 Å². The second kappa shape index (κ2) is 9.72. The summed E-state index contributed by atoms with van der Waals surface area (Å²) in [7, 11) is 0. The molecule has 2 atom stereocenters. The summed E-state index contributed by atoms with van der Waals surface area (Å²) in [5, 5.41) is 0. The van der Waals surface area contributed by atoms with Crippen LogP contribution >= 0.6 is 0 Å². The highest BCUT2D eigenvalue weighted by Gasteiger charge is 2.27. The number of likely N-dealkylation sites (tertiary alicyclic amines) is 1. The molecule has 0 unspecified atom stereocenters. The van der Waals surface area contributed by atoms with Gasteiger partial charge in [-0.05, 0) is 50.8 Å². The Morgan fingerprint density at radius 1 is 0.885 bits per heavy atom. The molecule has 2 fully saturated rings. The lowest BCUT2D eigenvalue weighted by atomic mass is 10.2. The van der Waals surface area contributed by atoms with Crippen molar-refractivity contribution in [2.75, 3.05) is 45.9 Å². The number of nitrogens with zero attached hydrogens (tertiary/aromatic N) is 3. The van der Waals surface area contributed by atoms with E-state index in [2.05, 4.69) is 59.7 Å². The normalized spacial score (nSPS) is 25.7. The van der Waals surface area contributed by atoms with Gasteiger partial charge in [-0.3, -0.25) is 14.7 Å². The minimum Gasteiger partial charge on any atom is -0.494 e. The van der Waals surface area contributed by atoms with Gasteiger partial charge < -0.3 is 4.74 Å². The highest BCUT2D eigenvalue weighted by Crippen LogP contribution is 2.23. The van der Waals surface area contributed by atoms with Crippen LogP contribution in [0.3, 0.4) is 0 Å². The highest BCUT2D eigenvalue weighted by atomic mass is 16.5. The molecule has 0 aromatic heterocycles. The molecule has 0 radical (unpaired) electrons. The van der Waals surface area contributed by atoms with Crippen molar-refractivity contribution < 1.29 is 4.74 Å². The van der Waals surface area contributed by atoms with Crippen molar-refractivity contribution in [1.29, 1.82) is 0 Å². The van der Waals surface area contributed by atoms with Gasteiger partial charge in [-0.25, -0.2) is 0 Å². The van der Waals surface area contributed by atoms with Crippen molar-refractivity contribution in [3.63, 3.8) is 0 Å². The monoisotopic (exact) mass is 359 g/mol. The first kappa shape index (κ1) is 19.7. The summed E-state index contributed by atoms with van der Waals surface area (Å²) < 4.78 is 5.67. The number of hydrogen-bond donors (Lipinski definition) is 0. The van der Waals surface area contributed by atoms with Crippen LogP contribution in [0, 0.1) is 0 Å². The number of hydrogen-bond acceptors (Lipinski definition) is 4. The van der Waals surface area contributed by atoms with Gasteiger partial charge in [0.1, 0.15) is 5.75 Å². The van der Waals surface area contributed by atoms with Gasteiger partial charge in [0, 0.05) is 57.9 Å². The van der Waals surface area contributed by atoms with Crippen molar-refractivity contribution in [1.82, 2.24) is 14.7 Å². The standard InChI is InChI=1S/C22H37N3O/c1-4-17-26-22-9-7-21(8-10-22)18-24-13-11-23(12-14-24)15-16-25-19(2)5-6-20(25)3/h7-10,19-20H,4-6,11-18H2,1-3H3/t19-,20-/m0/s1. The van der Waals surface area contributed by atoms with E-state index in [-0.39, 0.29) is 0 Å². The molecule has 4 nitrogen and oxygen atoms in total. The Hall–Kier alpha value is -1.10. The average Bonchev–Trinajstić information content (AvgIpc) is 2.98. The van der Waals surface area contributed by atoms with Crippen molar-refractivity contribution in [3.05, 3.63) is 29.8 Å². The fraction of sp³-hybridized carbons (Fsp3) is 0.727. The van der Waals surface area contributed by atoms with Crippen molar-refractivity contribution in [3.8, 4) is 5.75 Å². The van der Waals surface area contributed by atoms with Crippen LogP contribution in [0.4, 0.5) is 0 Å². The van der Waals surface area contributed by atoms with Crippen molar-refractivity contribution >= 4 is 0 Å². The molecule has 2 aliphatic heterocycles. The maximum absolute atomic E-state index is 5.67. The van der Waals surface area contributed by atoms with Crippen LogP contribution < -0.4 is 4.74 Å². The van der Waals surface area contributed by atoms with Gasteiger partial charge in [0.15, 0.2) is 0 Å². The quantitative estimate of drug-likeness (QED) is 0.707. The summed E-state index contributed by atoms with van der Waals surface area (Å²) in [4.78, 5) is 7.93. The SMILES string of the molecule is CCCOc1ccc(CN2CCN(CCN3[C@@H](C)CC[C@@H]3C)CC2)cc1. The van der Waals surface area contributed by atoms with Crippen LogP contribution in [-0.4, -0.2) is 72.7 Å². The van der Waals surface area contributed by atoms with Crippen LogP contribution in [0.5, 0.6) is 5.75 Å². The Kier molecular flexibility index (Phi) is 7.35. The summed E-state index contributed by atoms with van der Waals surface area (Å²) in [6.07, 6.45) is 3.80. The van der Waals surface area contributed by atoms with Gasteiger partial charge in [-0.2, -0.15) is 0 Å². The van der Waals surface area contributed by atoms with Crippen LogP contribution in [-0.2, 0) is 6.54 Å². The Bertz CT molecular complexity index is 515. The number of benzene rings is 1. The number of ether oxygens (including phenoxy) is 1. The van der Waals surface area contributed by atoms with E-state index in [1.807, 2.05) is 0 Å². The summed E-state index contributed by atoms with van der Waals surface area (Å²) >= 11 is 0. The third-order valence-electron chi connectivity index (χ3n) is 6.08. The van der Waals surface area contributed by atoms with Gasteiger partial charge >= 0.3 is 0 Å². The molecule has 3 rings (SSSR count). The van der Waals surface area contributed by atoms with Gasteiger partial charge in [0.2, 0.25) is 0 Å². The van der Waals surface area contributed by atoms with Crippen LogP contribution in [0.15, 0.2) is 24.3 Å². The van der Waals surface area contributed by atoms with E-state index < -0.39 is 0 Å². The summed E-state index contributed by atoms with van der Waals surface area (Å²) in [5.74, 6) is 0.991. The predicted octanol–water partition coefficient (Wildman–Crippen LogP) is 3.47. The molecule has 2 saturated heterocycles. The van der Waals surface area contributed by atoms with Gasteiger partial charge in [-0.15, -0.1) is 0 Å². The van der Waals surface area contributed by atoms with E-state index in [0.29, 0.717) is 0 Å². The lowest BCUT2D eigenvalue weighted by molar-refractivity contribution is 0.106. The molecular weight excluding hydrogens is 322 g/mol. The topological polar surface area (TPSA) is 19.0 Å². The summed E-state index contributed by atoms with van der Waals surface area (Å²) in [6, 6.07) is 10.2.